The van der Waals surface area contributed by atoms with Crippen LogP contribution in [0, 0.1) is 5.82 Å². The van der Waals surface area contributed by atoms with Gasteiger partial charge in [0.2, 0.25) is 5.91 Å². The Balaban J connectivity index is 1.87. The molecular weight excluding hydrogens is 420 g/mol. The van der Waals surface area contributed by atoms with Crippen LogP contribution in [0.3, 0.4) is 0 Å². The van der Waals surface area contributed by atoms with Crippen molar-refractivity contribution in [2.45, 2.75) is 32.1 Å². The topological polar surface area (TPSA) is 97.9 Å². The second-order valence-electron chi connectivity index (χ2n) is 6.95. The van der Waals surface area contributed by atoms with Gasteiger partial charge in [0, 0.05) is 23.5 Å². The quantitative estimate of drug-likeness (QED) is 0.451. The average molecular weight is 438 g/mol. The van der Waals surface area contributed by atoms with Crippen molar-refractivity contribution in [1.29, 1.82) is 0 Å². The maximum absolute atomic E-state index is 14.8. The predicted octanol–water partition coefficient (Wildman–Crippen LogP) is 2.37. The van der Waals surface area contributed by atoms with Crippen LogP contribution in [-0.2, 0) is 22.6 Å². The Hall–Kier alpha value is -3.50. The molecular formula is C20H18F4N4O3. The summed E-state index contributed by atoms with van der Waals surface area (Å²) in [5.41, 5.74) is 6.01. The molecule has 164 valence electrons. The lowest BCUT2D eigenvalue weighted by atomic mass is 10.1. The van der Waals surface area contributed by atoms with E-state index in [4.69, 9.17) is 10.5 Å². The van der Waals surface area contributed by atoms with Crippen LogP contribution in [-0.4, -0.2) is 46.4 Å². The number of amidine groups is 1. The molecule has 7 nitrogen and oxygen atoms in total. The molecule has 11 heteroatoms. The molecule has 1 aromatic heterocycles. The van der Waals surface area contributed by atoms with E-state index in [0.29, 0.717) is 0 Å². The van der Waals surface area contributed by atoms with Gasteiger partial charge in [0.25, 0.3) is 0 Å². The number of rotatable bonds is 3. The first-order chi connectivity index (χ1) is 14.6. The molecule has 1 aliphatic heterocycles. The van der Waals surface area contributed by atoms with Crippen LogP contribution in [0.5, 0.6) is 5.75 Å². The second-order valence-corrected chi connectivity index (χ2v) is 6.95. The number of amides is 2. The smallest absolute Gasteiger partial charge is 0.473 e. The van der Waals surface area contributed by atoms with Crippen LogP contribution < -0.4 is 10.5 Å². The SMILES string of the molecule is CC1COc2cc(C(N)=NC(=O)C(F)(F)F)cc(F)c2CN1C(=O)Cc1ccncc1. The fourth-order valence-corrected chi connectivity index (χ4v) is 3.02. The van der Waals surface area contributed by atoms with E-state index in [1.165, 1.54) is 11.0 Å². The van der Waals surface area contributed by atoms with Gasteiger partial charge in [-0.25, -0.2) is 4.39 Å². The molecule has 0 saturated carbocycles. The zero-order valence-corrected chi connectivity index (χ0v) is 16.3. The normalized spacial score (nSPS) is 16.9. The summed E-state index contributed by atoms with van der Waals surface area (Å²) in [5, 5.41) is 0. The maximum atomic E-state index is 14.8. The second kappa shape index (κ2) is 8.70. The minimum absolute atomic E-state index is 0.0127. The number of nitrogens with two attached hydrogens (primary N) is 1. The van der Waals surface area contributed by atoms with Gasteiger partial charge in [-0.3, -0.25) is 14.6 Å². The van der Waals surface area contributed by atoms with Gasteiger partial charge >= 0.3 is 12.1 Å². The third kappa shape index (κ3) is 5.16. The van der Waals surface area contributed by atoms with Gasteiger partial charge in [0.1, 0.15) is 24.0 Å². The molecule has 0 bridgehead atoms. The summed E-state index contributed by atoms with van der Waals surface area (Å²) in [6, 6.07) is 5.04. The number of pyridine rings is 1. The Morgan fingerprint density at radius 1 is 1.29 bits per heavy atom. The highest BCUT2D eigenvalue weighted by Gasteiger charge is 2.39. The van der Waals surface area contributed by atoms with E-state index in [0.717, 1.165) is 11.6 Å². The molecule has 2 aromatic rings. The molecule has 3 rings (SSSR count). The van der Waals surface area contributed by atoms with Crippen LogP contribution in [0.4, 0.5) is 17.6 Å². The van der Waals surface area contributed by atoms with Gasteiger partial charge in [-0.2, -0.15) is 18.2 Å². The Labute approximate surface area is 174 Å². The summed E-state index contributed by atoms with van der Waals surface area (Å²) < 4.78 is 57.6. The first-order valence-electron chi connectivity index (χ1n) is 9.15. The Morgan fingerprint density at radius 3 is 2.61 bits per heavy atom. The number of carbonyl (C=O) groups excluding carboxylic acids is 2. The van der Waals surface area contributed by atoms with E-state index in [1.54, 1.807) is 31.5 Å². The van der Waals surface area contributed by atoms with Gasteiger partial charge in [0.05, 0.1) is 19.0 Å². The summed E-state index contributed by atoms with van der Waals surface area (Å²) in [6.45, 7) is 1.65. The molecule has 2 heterocycles. The summed E-state index contributed by atoms with van der Waals surface area (Å²) >= 11 is 0. The van der Waals surface area contributed by atoms with Crippen molar-refractivity contribution in [2.24, 2.45) is 10.7 Å². The summed E-state index contributed by atoms with van der Waals surface area (Å²) in [6.07, 6.45) is -2.00. The Morgan fingerprint density at radius 2 is 1.97 bits per heavy atom. The van der Waals surface area contributed by atoms with Crippen molar-refractivity contribution in [3.8, 4) is 5.75 Å². The summed E-state index contributed by atoms with van der Waals surface area (Å²) in [7, 11) is 0. The lowest BCUT2D eigenvalue weighted by molar-refractivity contribution is -0.169. The van der Waals surface area contributed by atoms with Gasteiger partial charge in [-0.15, -0.1) is 0 Å². The monoisotopic (exact) mass is 438 g/mol. The zero-order chi connectivity index (χ0) is 22.8. The highest BCUT2D eigenvalue weighted by atomic mass is 19.4. The van der Waals surface area contributed by atoms with Crippen LogP contribution in [0.15, 0.2) is 41.7 Å². The third-order valence-corrected chi connectivity index (χ3v) is 4.68. The maximum Gasteiger partial charge on any atom is 0.473 e. The lowest BCUT2D eigenvalue weighted by Crippen LogP contribution is -2.40. The molecule has 0 spiro atoms. The van der Waals surface area contributed by atoms with Crippen LogP contribution in [0.25, 0.3) is 0 Å². The van der Waals surface area contributed by atoms with Crippen molar-refractivity contribution in [1.82, 2.24) is 9.88 Å². The van der Waals surface area contributed by atoms with Gasteiger partial charge in [-0.05, 0) is 36.8 Å². The Kier molecular flexibility index (Phi) is 6.23. The predicted molar refractivity (Wildman–Crippen MR) is 102 cm³/mol. The number of aliphatic imine (C=N–C) groups is 1. The Bertz CT molecular complexity index is 1030. The third-order valence-electron chi connectivity index (χ3n) is 4.68. The van der Waals surface area contributed by atoms with Gasteiger partial charge < -0.3 is 15.4 Å². The number of ether oxygens (including phenoxy) is 1. The van der Waals surface area contributed by atoms with E-state index < -0.39 is 29.8 Å². The zero-order valence-electron chi connectivity index (χ0n) is 16.3. The molecule has 2 N–H and O–H groups in total. The molecule has 0 aliphatic carbocycles. The highest BCUT2D eigenvalue weighted by molar-refractivity contribution is 6.05. The summed E-state index contributed by atoms with van der Waals surface area (Å²) in [4.78, 5) is 31.9. The number of hydrogen-bond acceptors (Lipinski definition) is 4. The van der Waals surface area contributed by atoms with Crippen molar-refractivity contribution >= 4 is 17.6 Å². The van der Waals surface area contributed by atoms with Crippen molar-refractivity contribution in [3.63, 3.8) is 0 Å². The number of hydrogen-bond donors (Lipinski definition) is 1. The number of carbonyl (C=O) groups is 2. The molecule has 1 aromatic carbocycles. The number of alkyl halides is 3. The number of benzene rings is 1. The molecule has 1 atom stereocenters. The minimum Gasteiger partial charge on any atom is -0.491 e. The van der Waals surface area contributed by atoms with E-state index in [1.807, 2.05) is 0 Å². The van der Waals surface area contributed by atoms with Crippen LogP contribution in [0.1, 0.15) is 23.6 Å². The van der Waals surface area contributed by atoms with Crippen molar-refractivity contribution in [2.75, 3.05) is 6.61 Å². The number of fused-ring (bicyclic) bond motifs is 1. The first-order valence-corrected chi connectivity index (χ1v) is 9.15. The first kappa shape index (κ1) is 22.2. The molecule has 31 heavy (non-hydrogen) atoms. The van der Waals surface area contributed by atoms with Gasteiger partial charge in [0.15, 0.2) is 0 Å². The highest BCUT2D eigenvalue weighted by Crippen LogP contribution is 2.30. The summed E-state index contributed by atoms with van der Waals surface area (Å²) in [5.74, 6) is -4.28. The molecule has 1 unspecified atom stereocenters. The standard InChI is InChI=1S/C20H18F4N4O3/c1-11-10-31-16-8-13(18(25)27-19(30)20(22,23)24)7-15(21)14(16)9-28(11)17(29)6-12-2-4-26-5-3-12/h2-5,7-8,11H,6,9-10H2,1H3,(H2,25,27,30). The van der Waals surface area contributed by atoms with Crippen molar-refractivity contribution < 1.29 is 31.9 Å². The lowest BCUT2D eigenvalue weighted by Gasteiger charge is -2.26. The number of nitrogens with zero attached hydrogens (tertiary/aromatic N) is 3. The number of halogens is 4. The average Bonchev–Trinajstić information content (AvgIpc) is 2.87. The molecule has 0 saturated heterocycles. The van der Waals surface area contributed by atoms with Gasteiger partial charge in [-0.1, -0.05) is 0 Å². The molecule has 1 aliphatic rings. The molecule has 2 amide bonds. The van der Waals surface area contributed by atoms with E-state index >= 15 is 0 Å². The van der Waals surface area contributed by atoms with Crippen molar-refractivity contribution in [3.05, 3.63) is 59.2 Å². The largest absolute Gasteiger partial charge is 0.491 e. The van der Waals surface area contributed by atoms with E-state index in [-0.39, 0.29) is 42.4 Å². The number of aromatic nitrogens is 1. The molecule has 0 radical (unpaired) electrons. The van der Waals surface area contributed by atoms with Crippen LogP contribution in [0.2, 0.25) is 0 Å². The minimum atomic E-state index is -5.20. The fraction of sp³-hybridized carbons (Fsp3) is 0.300. The fourth-order valence-electron chi connectivity index (χ4n) is 3.02. The van der Waals surface area contributed by atoms with Crippen LogP contribution >= 0.6 is 0 Å². The van der Waals surface area contributed by atoms with E-state index in [9.17, 15) is 27.2 Å². The molecule has 0 fully saturated rings. The van der Waals surface area contributed by atoms with E-state index in [2.05, 4.69) is 9.98 Å².